The van der Waals surface area contributed by atoms with E-state index in [1.165, 1.54) is 16.8 Å². The number of halogens is 1. The number of anilines is 1. The quantitative estimate of drug-likeness (QED) is 0.860. The molecule has 0 aliphatic rings. The average Bonchev–Trinajstić information content (AvgIpc) is 2.67. The number of nitrogens with zero attached hydrogens (tertiary/aromatic N) is 3. The average molecular weight is 262 g/mol. The van der Waals surface area contributed by atoms with Crippen LogP contribution in [-0.2, 0) is 0 Å². The monoisotopic (exact) mass is 262 g/mol. The summed E-state index contributed by atoms with van der Waals surface area (Å²) in [4.78, 5) is 15.7. The fraction of sp³-hybridized carbons (Fsp3) is 0.308. The van der Waals surface area contributed by atoms with Crippen LogP contribution in [0.4, 0.5) is 10.3 Å². The van der Waals surface area contributed by atoms with Crippen LogP contribution in [0.5, 0.6) is 0 Å². The predicted octanol–water partition coefficient (Wildman–Crippen LogP) is 2.20. The number of rotatable bonds is 3. The van der Waals surface area contributed by atoms with Crippen molar-refractivity contribution in [3.63, 3.8) is 0 Å². The molecule has 2 aromatic rings. The van der Waals surface area contributed by atoms with Gasteiger partial charge in [0.25, 0.3) is 0 Å². The molecule has 0 unspecified atom stereocenters. The molecule has 0 radical (unpaired) electrons. The number of carbonyl (C=O) groups is 1. The molecule has 1 aromatic carbocycles. The Morgan fingerprint density at radius 3 is 2.63 bits per heavy atom. The number of ketones is 1. The topological polar surface area (TPSA) is 73.8 Å². The van der Waals surface area contributed by atoms with E-state index in [2.05, 4.69) is 10.1 Å². The third-order valence-corrected chi connectivity index (χ3v) is 2.88. The summed E-state index contributed by atoms with van der Waals surface area (Å²) in [6.07, 6.45) is 0.359. The van der Waals surface area contributed by atoms with E-state index in [0.29, 0.717) is 23.4 Å². The third kappa shape index (κ3) is 2.33. The molecule has 6 heteroatoms. The molecular formula is C13H15FN4O. The number of aromatic nitrogens is 3. The van der Waals surface area contributed by atoms with Gasteiger partial charge >= 0.3 is 0 Å². The summed E-state index contributed by atoms with van der Waals surface area (Å²) in [6.45, 7) is 5.13. The van der Waals surface area contributed by atoms with Crippen LogP contribution in [0.1, 0.15) is 35.1 Å². The van der Waals surface area contributed by atoms with Gasteiger partial charge in [0.05, 0.1) is 0 Å². The molecular weight excluding hydrogens is 247 g/mol. The van der Waals surface area contributed by atoms with Crippen molar-refractivity contribution in [2.45, 2.75) is 27.2 Å². The van der Waals surface area contributed by atoms with Crippen LogP contribution in [0.25, 0.3) is 5.69 Å². The van der Waals surface area contributed by atoms with E-state index < -0.39 is 5.82 Å². The molecule has 1 aromatic heterocycles. The second kappa shape index (κ2) is 4.79. The Kier molecular flexibility index (Phi) is 3.33. The first kappa shape index (κ1) is 13.2. The van der Waals surface area contributed by atoms with Crippen molar-refractivity contribution in [3.05, 3.63) is 34.9 Å². The highest BCUT2D eigenvalue weighted by atomic mass is 19.1. The number of nitrogens with two attached hydrogens (primary N) is 1. The second-order valence-electron chi connectivity index (χ2n) is 4.32. The number of hydrogen-bond acceptors (Lipinski definition) is 4. The number of nitrogen functional groups attached to an aromatic ring is 1. The van der Waals surface area contributed by atoms with Crippen LogP contribution in [0, 0.1) is 19.7 Å². The molecule has 0 amide bonds. The van der Waals surface area contributed by atoms with Gasteiger partial charge in [-0.1, -0.05) is 6.92 Å². The standard InChI is InChI=1S/C13H15FN4O/c1-4-12(19)9-6-11(10(14)5-7(9)2)18-13(15)16-8(3)17-18/h5-6H,4H2,1-3H3,(H2,15,16,17). The van der Waals surface area contributed by atoms with Gasteiger partial charge in [-0.25, -0.2) is 4.39 Å². The first-order chi connectivity index (χ1) is 8.93. The summed E-state index contributed by atoms with van der Waals surface area (Å²) in [5.41, 5.74) is 6.89. The van der Waals surface area contributed by atoms with Crippen LogP contribution >= 0.6 is 0 Å². The molecule has 0 bridgehead atoms. The highest BCUT2D eigenvalue weighted by Gasteiger charge is 2.16. The van der Waals surface area contributed by atoms with Crippen molar-refractivity contribution < 1.29 is 9.18 Å². The zero-order valence-corrected chi connectivity index (χ0v) is 11.1. The largest absolute Gasteiger partial charge is 0.368 e. The molecule has 0 atom stereocenters. The summed E-state index contributed by atoms with van der Waals surface area (Å²) in [5, 5.41) is 4.03. The predicted molar refractivity (Wildman–Crippen MR) is 69.8 cm³/mol. The zero-order valence-electron chi connectivity index (χ0n) is 11.1. The fourth-order valence-corrected chi connectivity index (χ4v) is 1.92. The summed E-state index contributed by atoms with van der Waals surface area (Å²) in [6, 6.07) is 2.79. The van der Waals surface area contributed by atoms with Gasteiger partial charge in [-0.15, -0.1) is 5.10 Å². The minimum Gasteiger partial charge on any atom is -0.368 e. The lowest BCUT2D eigenvalue weighted by Gasteiger charge is -2.09. The van der Waals surface area contributed by atoms with Crippen LogP contribution in [0.3, 0.4) is 0 Å². The first-order valence-corrected chi connectivity index (χ1v) is 5.97. The van der Waals surface area contributed by atoms with Gasteiger partial charge in [-0.05, 0) is 31.5 Å². The van der Waals surface area contributed by atoms with Gasteiger partial charge in [0, 0.05) is 12.0 Å². The molecule has 0 aliphatic heterocycles. The van der Waals surface area contributed by atoms with Gasteiger partial charge in [-0.2, -0.15) is 9.67 Å². The molecule has 5 nitrogen and oxygen atoms in total. The molecule has 1 heterocycles. The Balaban J connectivity index is 2.64. The minimum atomic E-state index is -0.484. The summed E-state index contributed by atoms with van der Waals surface area (Å²) < 4.78 is 15.2. The van der Waals surface area contributed by atoms with Gasteiger partial charge in [0.2, 0.25) is 5.95 Å². The number of hydrogen-bond donors (Lipinski definition) is 1. The van der Waals surface area contributed by atoms with Crippen molar-refractivity contribution in [3.8, 4) is 5.69 Å². The SMILES string of the molecule is CCC(=O)c1cc(-n2nc(C)nc2N)c(F)cc1C. The van der Waals surface area contributed by atoms with Gasteiger partial charge in [-0.3, -0.25) is 4.79 Å². The molecule has 2 rings (SSSR count). The number of carbonyl (C=O) groups excluding carboxylic acids is 1. The zero-order chi connectivity index (χ0) is 14.2. The molecule has 19 heavy (non-hydrogen) atoms. The van der Waals surface area contributed by atoms with Gasteiger partial charge in [0.1, 0.15) is 17.3 Å². The van der Waals surface area contributed by atoms with Gasteiger partial charge < -0.3 is 5.73 Å². The van der Waals surface area contributed by atoms with Crippen LogP contribution in [-0.4, -0.2) is 20.5 Å². The lowest BCUT2D eigenvalue weighted by molar-refractivity contribution is 0.0987. The maximum absolute atomic E-state index is 14.0. The minimum absolute atomic E-state index is 0.0471. The molecule has 0 spiro atoms. The Labute approximate surface area is 110 Å². The van der Waals surface area contributed by atoms with E-state index in [-0.39, 0.29) is 17.4 Å². The number of Topliss-reactive ketones (excluding diaryl/α,β-unsaturated/α-hetero) is 1. The lowest BCUT2D eigenvalue weighted by Crippen LogP contribution is -2.08. The van der Waals surface area contributed by atoms with E-state index in [9.17, 15) is 9.18 Å². The van der Waals surface area contributed by atoms with Gasteiger partial charge in [0.15, 0.2) is 5.78 Å². The smallest absolute Gasteiger partial charge is 0.223 e. The molecule has 2 N–H and O–H groups in total. The van der Waals surface area contributed by atoms with Crippen LogP contribution in [0.15, 0.2) is 12.1 Å². The van der Waals surface area contributed by atoms with E-state index >= 15 is 0 Å². The lowest BCUT2D eigenvalue weighted by atomic mass is 10.0. The molecule has 0 saturated heterocycles. The van der Waals surface area contributed by atoms with Crippen LogP contribution in [0.2, 0.25) is 0 Å². The van der Waals surface area contributed by atoms with Crippen molar-refractivity contribution in [2.75, 3.05) is 5.73 Å². The van der Waals surface area contributed by atoms with Crippen LogP contribution < -0.4 is 5.73 Å². The number of aryl methyl sites for hydroxylation is 2. The maximum Gasteiger partial charge on any atom is 0.223 e. The fourth-order valence-electron chi connectivity index (χ4n) is 1.92. The highest BCUT2D eigenvalue weighted by Crippen LogP contribution is 2.21. The normalized spacial score (nSPS) is 10.7. The Morgan fingerprint density at radius 2 is 2.11 bits per heavy atom. The van der Waals surface area contributed by atoms with Crippen molar-refractivity contribution in [2.24, 2.45) is 0 Å². The molecule has 0 fully saturated rings. The molecule has 100 valence electrons. The second-order valence-corrected chi connectivity index (χ2v) is 4.32. The van der Waals surface area contributed by atoms with E-state index in [0.717, 1.165) is 0 Å². The van der Waals surface area contributed by atoms with E-state index in [4.69, 9.17) is 5.73 Å². The third-order valence-electron chi connectivity index (χ3n) is 2.88. The maximum atomic E-state index is 14.0. The first-order valence-electron chi connectivity index (χ1n) is 5.97. The Bertz CT molecular complexity index is 648. The highest BCUT2D eigenvalue weighted by molar-refractivity contribution is 5.97. The Morgan fingerprint density at radius 1 is 1.42 bits per heavy atom. The van der Waals surface area contributed by atoms with E-state index in [1.807, 2.05) is 0 Å². The van der Waals surface area contributed by atoms with Crippen molar-refractivity contribution >= 4 is 11.7 Å². The summed E-state index contributed by atoms with van der Waals surface area (Å²) in [7, 11) is 0. The summed E-state index contributed by atoms with van der Waals surface area (Å²) in [5.74, 6) is 0.00639. The summed E-state index contributed by atoms with van der Waals surface area (Å²) >= 11 is 0. The number of benzene rings is 1. The van der Waals surface area contributed by atoms with Crippen molar-refractivity contribution in [1.82, 2.24) is 14.8 Å². The molecule has 0 aliphatic carbocycles. The van der Waals surface area contributed by atoms with E-state index in [1.54, 1.807) is 20.8 Å². The molecule has 0 saturated carbocycles. The Hall–Kier alpha value is -2.24. The van der Waals surface area contributed by atoms with Crippen molar-refractivity contribution in [1.29, 1.82) is 0 Å².